The smallest absolute Gasteiger partial charge is 0.377 e. The van der Waals surface area contributed by atoms with Gasteiger partial charge in [-0.3, -0.25) is 4.79 Å². The Morgan fingerprint density at radius 1 is 1.08 bits per heavy atom. The van der Waals surface area contributed by atoms with Gasteiger partial charge in [0.1, 0.15) is 0 Å². The summed E-state index contributed by atoms with van der Waals surface area (Å²) in [7, 11) is 0. The van der Waals surface area contributed by atoms with Crippen LogP contribution >= 0.6 is 0 Å². The van der Waals surface area contributed by atoms with Crippen molar-refractivity contribution < 1.29 is 52.9 Å². The minimum Gasteiger partial charge on any atom is -0.475 e. The van der Waals surface area contributed by atoms with Crippen molar-refractivity contribution in [2.75, 3.05) is 0 Å². The Hall–Kier alpha value is -0.576. The maximum Gasteiger partial charge on any atom is 0.377 e. The van der Waals surface area contributed by atoms with Crippen molar-refractivity contribution in [1.29, 1.82) is 0 Å². The van der Waals surface area contributed by atoms with E-state index < -0.39 is 11.8 Å². The second kappa shape index (κ2) is 6.89. The standard InChI is InChI=1S/C8H6O3.H2O.Y/c9-7(8(10)11)6-4-2-1-3-5-6;;/h1-5H,(H,10,11);1H2;. The summed E-state index contributed by atoms with van der Waals surface area (Å²) in [4.78, 5) is 20.9. The van der Waals surface area contributed by atoms with Gasteiger partial charge in [-0.2, -0.15) is 0 Å². The molecule has 0 aliphatic heterocycles. The summed E-state index contributed by atoms with van der Waals surface area (Å²) in [5, 5.41) is 8.29. The van der Waals surface area contributed by atoms with Crippen LogP contribution in [0.2, 0.25) is 0 Å². The van der Waals surface area contributed by atoms with Crippen LogP contribution in [-0.4, -0.2) is 22.3 Å². The fraction of sp³-hybridized carbons (Fsp3) is 0. The molecule has 67 valence electrons. The Bertz CT molecular complexity index is 283. The summed E-state index contributed by atoms with van der Waals surface area (Å²) >= 11 is 0. The molecule has 0 amide bonds. The van der Waals surface area contributed by atoms with Gasteiger partial charge in [0.05, 0.1) is 0 Å². The van der Waals surface area contributed by atoms with E-state index in [2.05, 4.69) is 0 Å². The SMILES string of the molecule is O.O=C(O)C(=O)c1ccccc1.[Y]. The number of aliphatic carboxylic acids is 1. The number of hydrogen-bond donors (Lipinski definition) is 1. The zero-order valence-electron chi connectivity index (χ0n) is 6.73. The van der Waals surface area contributed by atoms with Crippen LogP contribution in [-0.2, 0) is 37.5 Å². The molecule has 0 aliphatic carbocycles. The first kappa shape index (κ1) is 14.9. The first-order valence-electron chi connectivity index (χ1n) is 3.04. The predicted octanol–water partition coefficient (Wildman–Crippen LogP) is 0.127. The first-order chi connectivity index (χ1) is 5.22. The zero-order valence-corrected chi connectivity index (χ0v) is 9.57. The molecule has 1 aromatic rings. The monoisotopic (exact) mass is 257 g/mol. The van der Waals surface area contributed by atoms with Gasteiger partial charge in [-0.25, -0.2) is 4.79 Å². The predicted molar refractivity (Wildman–Crippen MR) is 42.0 cm³/mol. The summed E-state index contributed by atoms with van der Waals surface area (Å²) in [6.07, 6.45) is 0. The average Bonchev–Trinajstić information content (AvgIpc) is 2.05. The number of carbonyl (C=O) groups is 2. The molecule has 13 heavy (non-hydrogen) atoms. The maximum atomic E-state index is 10.7. The molecule has 1 aromatic carbocycles. The number of carbonyl (C=O) groups excluding carboxylic acids is 1. The molecule has 0 bridgehead atoms. The normalized spacial score (nSPS) is 7.69. The van der Waals surface area contributed by atoms with Gasteiger partial charge in [-0.15, -0.1) is 0 Å². The van der Waals surface area contributed by atoms with Gasteiger partial charge in [-0.1, -0.05) is 30.3 Å². The molecule has 0 atom stereocenters. The third-order valence-corrected chi connectivity index (χ3v) is 1.23. The molecular formula is C8H8O4Y. The molecule has 0 aliphatic rings. The van der Waals surface area contributed by atoms with E-state index in [0.29, 0.717) is 0 Å². The van der Waals surface area contributed by atoms with E-state index in [1.807, 2.05) is 0 Å². The van der Waals surface area contributed by atoms with Crippen molar-refractivity contribution in [2.45, 2.75) is 0 Å². The van der Waals surface area contributed by atoms with E-state index >= 15 is 0 Å². The van der Waals surface area contributed by atoms with Crippen molar-refractivity contribution >= 4 is 11.8 Å². The minimum absolute atomic E-state index is 0. The number of ketones is 1. The zero-order chi connectivity index (χ0) is 8.27. The summed E-state index contributed by atoms with van der Waals surface area (Å²) < 4.78 is 0. The Morgan fingerprint density at radius 2 is 1.54 bits per heavy atom. The Kier molecular flexibility index (Phi) is 7.91. The molecule has 1 rings (SSSR count). The van der Waals surface area contributed by atoms with Crippen molar-refractivity contribution in [1.82, 2.24) is 0 Å². The van der Waals surface area contributed by atoms with E-state index in [9.17, 15) is 9.59 Å². The first-order valence-corrected chi connectivity index (χ1v) is 3.04. The average molecular weight is 257 g/mol. The summed E-state index contributed by atoms with van der Waals surface area (Å²) in [6.45, 7) is 0. The molecule has 0 saturated carbocycles. The fourth-order valence-electron chi connectivity index (χ4n) is 0.713. The van der Waals surface area contributed by atoms with Crippen molar-refractivity contribution in [2.24, 2.45) is 0 Å². The molecule has 0 unspecified atom stereocenters. The van der Waals surface area contributed by atoms with Crippen molar-refractivity contribution in [3.63, 3.8) is 0 Å². The van der Waals surface area contributed by atoms with Crippen LogP contribution in [0.3, 0.4) is 0 Å². The maximum absolute atomic E-state index is 10.7. The van der Waals surface area contributed by atoms with Gasteiger partial charge in [0, 0.05) is 38.3 Å². The van der Waals surface area contributed by atoms with Crippen LogP contribution in [0.1, 0.15) is 10.4 Å². The Balaban J connectivity index is 0. The molecule has 0 fully saturated rings. The van der Waals surface area contributed by atoms with Gasteiger partial charge in [0.25, 0.3) is 5.78 Å². The van der Waals surface area contributed by atoms with Gasteiger partial charge in [0.2, 0.25) is 0 Å². The van der Waals surface area contributed by atoms with Gasteiger partial charge < -0.3 is 10.6 Å². The number of carboxylic acid groups (broad SMARTS) is 1. The quantitative estimate of drug-likeness (QED) is 0.603. The number of carboxylic acids is 1. The molecule has 5 heteroatoms. The van der Waals surface area contributed by atoms with E-state index in [4.69, 9.17) is 5.11 Å². The number of rotatable bonds is 2. The summed E-state index contributed by atoms with van der Waals surface area (Å²) in [5.74, 6) is -2.29. The van der Waals surface area contributed by atoms with E-state index in [0.717, 1.165) is 0 Å². The largest absolute Gasteiger partial charge is 0.475 e. The van der Waals surface area contributed by atoms with Gasteiger partial charge >= 0.3 is 5.97 Å². The van der Waals surface area contributed by atoms with Crippen LogP contribution in [0.4, 0.5) is 0 Å². The van der Waals surface area contributed by atoms with E-state index in [1.165, 1.54) is 12.1 Å². The van der Waals surface area contributed by atoms with Crippen LogP contribution < -0.4 is 0 Å². The van der Waals surface area contributed by atoms with Crippen LogP contribution in [0, 0.1) is 0 Å². The molecule has 1 radical (unpaired) electrons. The topological polar surface area (TPSA) is 85.9 Å². The fourth-order valence-corrected chi connectivity index (χ4v) is 0.713. The number of benzene rings is 1. The van der Waals surface area contributed by atoms with Gasteiger partial charge in [-0.05, 0) is 0 Å². The van der Waals surface area contributed by atoms with Crippen molar-refractivity contribution in [3.8, 4) is 0 Å². The van der Waals surface area contributed by atoms with Crippen molar-refractivity contribution in [3.05, 3.63) is 35.9 Å². The molecule has 3 N–H and O–H groups in total. The summed E-state index contributed by atoms with van der Waals surface area (Å²) in [5.41, 5.74) is 0.208. The Labute approximate surface area is 100 Å². The second-order valence-corrected chi connectivity index (χ2v) is 2.00. The van der Waals surface area contributed by atoms with Crippen LogP contribution in [0.15, 0.2) is 30.3 Å². The second-order valence-electron chi connectivity index (χ2n) is 2.00. The number of Topliss-reactive ketones (excluding diaryl/α,β-unsaturated/α-hetero) is 1. The number of hydrogen-bond acceptors (Lipinski definition) is 2. The third kappa shape index (κ3) is 4.26. The molecule has 0 saturated heterocycles. The van der Waals surface area contributed by atoms with E-state index in [1.54, 1.807) is 18.2 Å². The molecular weight excluding hydrogens is 249 g/mol. The summed E-state index contributed by atoms with van der Waals surface area (Å²) in [6, 6.07) is 7.90. The van der Waals surface area contributed by atoms with Gasteiger partial charge in [0.15, 0.2) is 0 Å². The van der Waals surface area contributed by atoms with Crippen LogP contribution in [0.5, 0.6) is 0 Å². The third-order valence-electron chi connectivity index (χ3n) is 1.23. The van der Waals surface area contributed by atoms with E-state index in [-0.39, 0.29) is 43.7 Å². The Morgan fingerprint density at radius 3 is 1.92 bits per heavy atom. The molecule has 0 spiro atoms. The molecule has 0 aromatic heterocycles. The molecule has 4 nitrogen and oxygen atoms in total. The van der Waals surface area contributed by atoms with Crippen LogP contribution in [0.25, 0.3) is 0 Å². The molecule has 0 heterocycles. The minimum atomic E-state index is -1.42.